The van der Waals surface area contributed by atoms with Gasteiger partial charge in [-0.2, -0.15) is 0 Å². The van der Waals surface area contributed by atoms with Gasteiger partial charge >= 0.3 is 5.97 Å². The smallest absolute Gasteiger partial charge is 0.303 e. The molecule has 0 aliphatic carbocycles. The number of ether oxygens (including phenoxy) is 1. The number of nitrogens with two attached hydrogens (primary N) is 1. The Morgan fingerprint density at radius 3 is 2.72 bits per heavy atom. The first-order valence-electron chi connectivity index (χ1n) is 5.86. The van der Waals surface area contributed by atoms with Crippen molar-refractivity contribution in [2.24, 2.45) is 11.7 Å². The van der Waals surface area contributed by atoms with Gasteiger partial charge in [-0.3, -0.25) is 4.79 Å². The standard InChI is InChI=1S/C13H18FNO3/c1-9(6-10(8-15)7-13(16)17)18-12-5-3-2-4-11(12)14/h2-5,9-10H,6-8,15H2,1H3,(H,16,17)/t9?,10-/m0/s1. The van der Waals surface area contributed by atoms with E-state index in [9.17, 15) is 9.18 Å². The molecule has 4 nitrogen and oxygen atoms in total. The minimum atomic E-state index is -0.886. The zero-order valence-electron chi connectivity index (χ0n) is 10.3. The fraction of sp³-hybridized carbons (Fsp3) is 0.462. The van der Waals surface area contributed by atoms with Gasteiger partial charge in [-0.05, 0) is 37.9 Å². The van der Waals surface area contributed by atoms with E-state index in [4.69, 9.17) is 15.6 Å². The molecule has 0 bridgehead atoms. The van der Waals surface area contributed by atoms with E-state index in [0.29, 0.717) is 6.42 Å². The first-order valence-corrected chi connectivity index (χ1v) is 5.86. The number of para-hydroxylation sites is 1. The summed E-state index contributed by atoms with van der Waals surface area (Å²) in [6.07, 6.45) is 0.202. The molecule has 1 rings (SSSR count). The van der Waals surface area contributed by atoms with Crippen molar-refractivity contribution in [2.45, 2.75) is 25.9 Å². The molecule has 0 saturated carbocycles. The summed E-state index contributed by atoms with van der Waals surface area (Å²) in [6, 6.07) is 6.13. The molecular formula is C13H18FNO3. The Hall–Kier alpha value is -1.62. The summed E-state index contributed by atoms with van der Waals surface area (Å²) >= 11 is 0. The van der Waals surface area contributed by atoms with E-state index in [0.717, 1.165) is 0 Å². The number of halogens is 1. The minimum absolute atomic E-state index is 0.00146. The van der Waals surface area contributed by atoms with Gasteiger partial charge in [-0.15, -0.1) is 0 Å². The molecule has 0 saturated heterocycles. The van der Waals surface area contributed by atoms with Crippen LogP contribution in [0.25, 0.3) is 0 Å². The van der Waals surface area contributed by atoms with E-state index in [2.05, 4.69) is 0 Å². The Bertz CT molecular complexity index is 398. The van der Waals surface area contributed by atoms with Crippen molar-refractivity contribution in [2.75, 3.05) is 6.54 Å². The third-order valence-corrected chi connectivity index (χ3v) is 2.63. The molecule has 0 radical (unpaired) electrons. The van der Waals surface area contributed by atoms with Gasteiger partial charge in [-0.1, -0.05) is 12.1 Å². The monoisotopic (exact) mass is 255 g/mol. The normalized spacial score (nSPS) is 13.9. The maximum Gasteiger partial charge on any atom is 0.303 e. The van der Waals surface area contributed by atoms with Gasteiger partial charge in [0.1, 0.15) is 0 Å². The van der Waals surface area contributed by atoms with Gasteiger partial charge in [-0.25, -0.2) is 4.39 Å². The average molecular weight is 255 g/mol. The van der Waals surface area contributed by atoms with Crippen LogP contribution in [0.15, 0.2) is 24.3 Å². The van der Waals surface area contributed by atoms with Gasteiger partial charge < -0.3 is 15.6 Å². The summed E-state index contributed by atoms with van der Waals surface area (Å²) in [5, 5.41) is 8.71. The first-order chi connectivity index (χ1) is 8.52. The lowest BCUT2D eigenvalue weighted by molar-refractivity contribution is -0.138. The fourth-order valence-electron chi connectivity index (χ4n) is 1.78. The molecular weight excluding hydrogens is 237 g/mol. The second kappa shape index (κ2) is 6.96. The van der Waals surface area contributed by atoms with Crippen LogP contribution in [0.5, 0.6) is 5.75 Å². The van der Waals surface area contributed by atoms with Crippen LogP contribution >= 0.6 is 0 Å². The highest BCUT2D eigenvalue weighted by atomic mass is 19.1. The summed E-state index contributed by atoms with van der Waals surface area (Å²) in [4.78, 5) is 10.6. The van der Waals surface area contributed by atoms with Crippen LogP contribution in [0.2, 0.25) is 0 Å². The maximum atomic E-state index is 13.3. The van der Waals surface area contributed by atoms with Crippen LogP contribution in [0, 0.1) is 11.7 Å². The van der Waals surface area contributed by atoms with Crippen molar-refractivity contribution >= 4 is 5.97 Å². The van der Waals surface area contributed by atoms with Gasteiger partial charge in [0.25, 0.3) is 0 Å². The zero-order chi connectivity index (χ0) is 13.5. The van der Waals surface area contributed by atoms with E-state index in [1.165, 1.54) is 6.07 Å². The van der Waals surface area contributed by atoms with Gasteiger partial charge in [0.2, 0.25) is 0 Å². The first kappa shape index (κ1) is 14.4. The number of rotatable bonds is 7. The lowest BCUT2D eigenvalue weighted by Crippen LogP contribution is -2.25. The molecule has 0 fully saturated rings. The molecule has 1 unspecified atom stereocenters. The third-order valence-electron chi connectivity index (χ3n) is 2.63. The van der Waals surface area contributed by atoms with E-state index < -0.39 is 11.8 Å². The summed E-state index contributed by atoms with van der Waals surface area (Å²) in [6.45, 7) is 2.05. The van der Waals surface area contributed by atoms with Gasteiger partial charge in [0, 0.05) is 6.42 Å². The summed E-state index contributed by atoms with van der Waals surface area (Å²) in [5.74, 6) is -1.30. The van der Waals surface area contributed by atoms with Crippen LogP contribution in [-0.2, 0) is 4.79 Å². The average Bonchev–Trinajstić information content (AvgIpc) is 2.30. The fourth-order valence-corrected chi connectivity index (χ4v) is 1.78. The minimum Gasteiger partial charge on any atom is -0.488 e. The Morgan fingerprint density at radius 1 is 1.50 bits per heavy atom. The lowest BCUT2D eigenvalue weighted by Gasteiger charge is -2.19. The van der Waals surface area contributed by atoms with E-state index in [1.54, 1.807) is 25.1 Å². The van der Waals surface area contributed by atoms with Crippen molar-refractivity contribution in [3.63, 3.8) is 0 Å². The number of benzene rings is 1. The number of carboxylic acid groups (broad SMARTS) is 1. The van der Waals surface area contributed by atoms with Crippen molar-refractivity contribution in [1.82, 2.24) is 0 Å². The summed E-state index contributed by atoms with van der Waals surface area (Å²) < 4.78 is 18.8. The molecule has 2 atom stereocenters. The predicted octanol–water partition coefficient (Wildman–Crippen LogP) is 2.03. The zero-order valence-corrected chi connectivity index (χ0v) is 10.3. The number of carbonyl (C=O) groups is 1. The predicted molar refractivity (Wildman–Crippen MR) is 65.9 cm³/mol. The third kappa shape index (κ3) is 4.71. The van der Waals surface area contributed by atoms with Gasteiger partial charge in [0.05, 0.1) is 6.10 Å². The quantitative estimate of drug-likeness (QED) is 0.782. The summed E-state index contributed by atoms with van der Waals surface area (Å²) in [7, 11) is 0. The Labute approximate surface area is 106 Å². The van der Waals surface area contributed by atoms with Gasteiger partial charge in [0.15, 0.2) is 11.6 Å². The highest BCUT2D eigenvalue weighted by Crippen LogP contribution is 2.20. The summed E-state index contributed by atoms with van der Waals surface area (Å²) in [5.41, 5.74) is 5.50. The van der Waals surface area contributed by atoms with Crippen LogP contribution in [0.4, 0.5) is 4.39 Å². The largest absolute Gasteiger partial charge is 0.488 e. The van der Waals surface area contributed by atoms with E-state index >= 15 is 0 Å². The topological polar surface area (TPSA) is 72.6 Å². The molecule has 18 heavy (non-hydrogen) atoms. The molecule has 0 heterocycles. The molecule has 0 aliphatic heterocycles. The molecule has 1 aromatic rings. The number of aliphatic carboxylic acids is 1. The van der Waals surface area contributed by atoms with Crippen molar-refractivity contribution in [3.05, 3.63) is 30.1 Å². The molecule has 1 aromatic carbocycles. The molecule has 0 amide bonds. The van der Waals surface area contributed by atoms with Crippen molar-refractivity contribution < 1.29 is 19.0 Å². The highest BCUT2D eigenvalue weighted by Gasteiger charge is 2.17. The number of carboxylic acids is 1. The van der Waals surface area contributed by atoms with Crippen LogP contribution in [-0.4, -0.2) is 23.7 Å². The van der Waals surface area contributed by atoms with Crippen LogP contribution < -0.4 is 10.5 Å². The molecule has 3 N–H and O–H groups in total. The Morgan fingerprint density at radius 2 is 2.17 bits per heavy atom. The van der Waals surface area contributed by atoms with Crippen molar-refractivity contribution in [1.29, 1.82) is 0 Å². The van der Waals surface area contributed by atoms with Crippen LogP contribution in [0.3, 0.4) is 0 Å². The molecule has 5 heteroatoms. The number of hydrogen-bond acceptors (Lipinski definition) is 3. The van der Waals surface area contributed by atoms with Crippen LogP contribution in [0.1, 0.15) is 19.8 Å². The SMILES string of the molecule is CC(C[C@H](CN)CC(=O)O)Oc1ccccc1F. The maximum absolute atomic E-state index is 13.3. The molecule has 0 aromatic heterocycles. The molecule has 0 aliphatic rings. The Kier molecular flexibility index (Phi) is 5.58. The van der Waals surface area contributed by atoms with E-state index in [1.807, 2.05) is 0 Å². The molecule has 100 valence electrons. The highest BCUT2D eigenvalue weighted by molar-refractivity contribution is 5.67. The lowest BCUT2D eigenvalue weighted by atomic mass is 9.99. The van der Waals surface area contributed by atoms with Crippen molar-refractivity contribution in [3.8, 4) is 5.75 Å². The Balaban J connectivity index is 2.52. The number of hydrogen-bond donors (Lipinski definition) is 2. The molecule has 0 spiro atoms. The second-order valence-corrected chi connectivity index (χ2v) is 4.29. The second-order valence-electron chi connectivity index (χ2n) is 4.29. The van der Waals surface area contributed by atoms with E-state index in [-0.39, 0.29) is 30.7 Å².